The Balaban J connectivity index is 1.95. The average molecular weight is 281 g/mol. The van der Waals surface area contributed by atoms with Gasteiger partial charge in [0.1, 0.15) is 5.75 Å². The summed E-state index contributed by atoms with van der Waals surface area (Å²) in [5.74, 6) is 1.03. The molecule has 0 radical (unpaired) electrons. The van der Waals surface area contributed by atoms with Gasteiger partial charge in [0.15, 0.2) is 0 Å². The van der Waals surface area contributed by atoms with Gasteiger partial charge in [-0.3, -0.25) is 0 Å². The van der Waals surface area contributed by atoms with Crippen molar-refractivity contribution in [1.29, 1.82) is 0 Å². The fraction of sp³-hybridized carbons (Fsp3) is 0.368. The van der Waals surface area contributed by atoms with Crippen molar-refractivity contribution in [2.24, 2.45) is 0 Å². The van der Waals surface area contributed by atoms with E-state index in [0.29, 0.717) is 6.04 Å². The van der Waals surface area contributed by atoms with E-state index in [1.165, 1.54) is 16.7 Å². The molecule has 1 aliphatic heterocycles. The minimum Gasteiger partial charge on any atom is -0.490 e. The predicted octanol–water partition coefficient (Wildman–Crippen LogP) is 4.57. The molecule has 110 valence electrons. The van der Waals surface area contributed by atoms with Crippen LogP contribution in [0.4, 0.5) is 0 Å². The van der Waals surface area contributed by atoms with Gasteiger partial charge in [-0.25, -0.2) is 0 Å². The number of rotatable bonds is 4. The number of hydrogen-bond acceptors (Lipinski definition) is 2. The molecule has 1 aliphatic rings. The molecule has 0 aliphatic carbocycles. The zero-order valence-electron chi connectivity index (χ0n) is 12.8. The summed E-state index contributed by atoms with van der Waals surface area (Å²) in [4.78, 5) is 0. The van der Waals surface area contributed by atoms with Crippen LogP contribution in [0.15, 0.2) is 48.5 Å². The Labute approximate surface area is 127 Å². The molecular formula is C19H23NO. The summed E-state index contributed by atoms with van der Waals surface area (Å²) >= 11 is 0. The van der Waals surface area contributed by atoms with Crippen molar-refractivity contribution in [3.05, 3.63) is 54.1 Å². The SMILES string of the molecule is CCCNC1CC(C)Oc2ccc(-c3ccccc3)cc21. The number of benzene rings is 2. The average Bonchev–Trinajstić information content (AvgIpc) is 2.53. The summed E-state index contributed by atoms with van der Waals surface area (Å²) in [6, 6.07) is 17.5. The normalized spacial score (nSPS) is 20.7. The zero-order chi connectivity index (χ0) is 14.7. The largest absolute Gasteiger partial charge is 0.490 e. The first-order valence-electron chi connectivity index (χ1n) is 7.87. The Morgan fingerprint density at radius 3 is 2.67 bits per heavy atom. The maximum Gasteiger partial charge on any atom is 0.124 e. The van der Waals surface area contributed by atoms with Crippen molar-refractivity contribution in [3.63, 3.8) is 0 Å². The fourth-order valence-corrected chi connectivity index (χ4v) is 2.97. The van der Waals surface area contributed by atoms with Crippen LogP contribution in [0, 0.1) is 0 Å². The summed E-state index contributed by atoms with van der Waals surface area (Å²) in [5.41, 5.74) is 3.81. The maximum absolute atomic E-state index is 5.99. The Morgan fingerprint density at radius 1 is 1.10 bits per heavy atom. The molecule has 21 heavy (non-hydrogen) atoms. The fourth-order valence-electron chi connectivity index (χ4n) is 2.97. The minimum atomic E-state index is 0.273. The predicted molar refractivity (Wildman–Crippen MR) is 87.6 cm³/mol. The molecular weight excluding hydrogens is 258 g/mol. The highest BCUT2D eigenvalue weighted by molar-refractivity contribution is 5.66. The summed E-state index contributed by atoms with van der Waals surface area (Å²) in [5, 5.41) is 3.66. The van der Waals surface area contributed by atoms with E-state index in [4.69, 9.17) is 4.74 Å². The quantitative estimate of drug-likeness (QED) is 0.886. The summed E-state index contributed by atoms with van der Waals surface area (Å²) < 4.78 is 5.99. The third-order valence-corrected chi connectivity index (χ3v) is 4.03. The lowest BCUT2D eigenvalue weighted by molar-refractivity contribution is 0.166. The van der Waals surface area contributed by atoms with Crippen molar-refractivity contribution in [1.82, 2.24) is 5.32 Å². The van der Waals surface area contributed by atoms with Crippen molar-refractivity contribution in [2.45, 2.75) is 38.8 Å². The molecule has 0 bridgehead atoms. The molecule has 2 nitrogen and oxygen atoms in total. The highest BCUT2D eigenvalue weighted by Gasteiger charge is 2.25. The summed E-state index contributed by atoms with van der Waals surface area (Å²) in [7, 11) is 0. The van der Waals surface area contributed by atoms with Crippen LogP contribution in [0.25, 0.3) is 11.1 Å². The first-order valence-corrected chi connectivity index (χ1v) is 7.87. The molecule has 3 rings (SSSR count). The van der Waals surface area contributed by atoms with E-state index in [0.717, 1.165) is 25.1 Å². The Kier molecular flexibility index (Phi) is 4.26. The highest BCUT2D eigenvalue weighted by atomic mass is 16.5. The first-order chi connectivity index (χ1) is 10.3. The highest BCUT2D eigenvalue weighted by Crippen LogP contribution is 2.37. The molecule has 0 amide bonds. The van der Waals surface area contributed by atoms with Crippen molar-refractivity contribution in [2.75, 3.05) is 6.54 Å². The van der Waals surface area contributed by atoms with Crippen LogP contribution >= 0.6 is 0 Å². The van der Waals surface area contributed by atoms with Crippen LogP contribution in [-0.4, -0.2) is 12.6 Å². The van der Waals surface area contributed by atoms with Gasteiger partial charge in [0.05, 0.1) is 6.10 Å². The van der Waals surface area contributed by atoms with Gasteiger partial charge in [0, 0.05) is 18.0 Å². The van der Waals surface area contributed by atoms with Crippen molar-refractivity contribution >= 4 is 0 Å². The Morgan fingerprint density at radius 2 is 1.90 bits per heavy atom. The number of hydrogen-bond donors (Lipinski definition) is 1. The topological polar surface area (TPSA) is 21.3 Å². The van der Waals surface area contributed by atoms with Gasteiger partial charge in [-0.1, -0.05) is 43.3 Å². The molecule has 0 spiro atoms. The molecule has 0 aromatic heterocycles. The third kappa shape index (κ3) is 3.11. The Bertz CT molecular complexity index is 594. The van der Waals surface area contributed by atoms with Crippen LogP contribution in [0.2, 0.25) is 0 Å². The molecule has 0 saturated heterocycles. The van der Waals surface area contributed by atoms with Crippen LogP contribution in [0.3, 0.4) is 0 Å². The molecule has 2 aromatic carbocycles. The van der Waals surface area contributed by atoms with Gasteiger partial charge >= 0.3 is 0 Å². The molecule has 0 saturated carbocycles. The van der Waals surface area contributed by atoms with E-state index in [1.807, 2.05) is 0 Å². The zero-order valence-corrected chi connectivity index (χ0v) is 12.8. The van der Waals surface area contributed by atoms with E-state index in [-0.39, 0.29) is 6.10 Å². The van der Waals surface area contributed by atoms with Crippen LogP contribution < -0.4 is 10.1 Å². The van der Waals surface area contributed by atoms with E-state index < -0.39 is 0 Å². The maximum atomic E-state index is 5.99. The van der Waals surface area contributed by atoms with Crippen LogP contribution in [-0.2, 0) is 0 Å². The monoisotopic (exact) mass is 281 g/mol. The van der Waals surface area contributed by atoms with E-state index >= 15 is 0 Å². The van der Waals surface area contributed by atoms with Crippen LogP contribution in [0.5, 0.6) is 5.75 Å². The second-order valence-corrected chi connectivity index (χ2v) is 5.79. The lowest BCUT2D eigenvalue weighted by Gasteiger charge is -2.31. The number of ether oxygens (including phenoxy) is 1. The van der Waals surface area contributed by atoms with Gasteiger partial charge < -0.3 is 10.1 Å². The molecule has 1 heterocycles. The standard InChI is InChI=1S/C19H23NO/c1-3-11-20-18-12-14(2)21-19-10-9-16(13-17(18)19)15-7-5-4-6-8-15/h4-10,13-14,18,20H,3,11-12H2,1-2H3. The van der Waals surface area contributed by atoms with E-state index in [1.54, 1.807) is 0 Å². The third-order valence-electron chi connectivity index (χ3n) is 4.03. The second-order valence-electron chi connectivity index (χ2n) is 5.79. The van der Waals surface area contributed by atoms with Gasteiger partial charge in [-0.05, 0) is 43.1 Å². The number of fused-ring (bicyclic) bond motifs is 1. The van der Waals surface area contributed by atoms with E-state index in [2.05, 4.69) is 67.7 Å². The molecule has 0 fully saturated rings. The molecule has 2 aromatic rings. The molecule has 1 N–H and O–H groups in total. The van der Waals surface area contributed by atoms with Gasteiger partial charge in [0.2, 0.25) is 0 Å². The van der Waals surface area contributed by atoms with Gasteiger partial charge in [-0.2, -0.15) is 0 Å². The van der Waals surface area contributed by atoms with Crippen molar-refractivity contribution < 1.29 is 4.74 Å². The minimum absolute atomic E-state index is 0.273. The van der Waals surface area contributed by atoms with Crippen molar-refractivity contribution in [3.8, 4) is 16.9 Å². The van der Waals surface area contributed by atoms with Gasteiger partial charge in [-0.15, -0.1) is 0 Å². The van der Waals surface area contributed by atoms with E-state index in [9.17, 15) is 0 Å². The number of nitrogens with one attached hydrogen (secondary N) is 1. The second kappa shape index (κ2) is 6.31. The molecule has 2 atom stereocenters. The summed E-state index contributed by atoms with van der Waals surface area (Å²) in [6.07, 6.45) is 2.46. The molecule has 2 unspecified atom stereocenters. The lowest BCUT2D eigenvalue weighted by Crippen LogP contribution is -2.31. The Hall–Kier alpha value is -1.80. The van der Waals surface area contributed by atoms with Crippen LogP contribution in [0.1, 0.15) is 38.3 Å². The molecule has 2 heteroatoms. The smallest absolute Gasteiger partial charge is 0.124 e. The summed E-state index contributed by atoms with van der Waals surface area (Å²) in [6.45, 7) is 5.40. The van der Waals surface area contributed by atoms with Gasteiger partial charge in [0.25, 0.3) is 0 Å². The first kappa shape index (κ1) is 14.2. The lowest BCUT2D eigenvalue weighted by atomic mass is 9.93.